The first kappa shape index (κ1) is 18.2. The summed E-state index contributed by atoms with van der Waals surface area (Å²) in [7, 11) is 0. The molecule has 5 rings (SSSR count). The largest absolute Gasteiger partial charge is 0.256 e. The van der Waals surface area contributed by atoms with Gasteiger partial charge >= 0.3 is 0 Å². The van der Waals surface area contributed by atoms with Crippen LogP contribution in [-0.4, -0.2) is 4.98 Å². The molecule has 4 aromatic carbocycles. The number of pyridine rings is 1. The molecule has 30 heavy (non-hydrogen) atoms. The summed E-state index contributed by atoms with van der Waals surface area (Å²) in [6.45, 7) is 4.21. The number of aryl methyl sites for hydroxylation is 2. The Kier molecular flexibility index (Phi) is 4.54. The van der Waals surface area contributed by atoms with Crippen LogP contribution in [0.25, 0.3) is 32.8 Å². The van der Waals surface area contributed by atoms with Crippen LogP contribution in [0.1, 0.15) is 22.3 Å². The molecule has 1 heteroatoms. The van der Waals surface area contributed by atoms with Crippen molar-refractivity contribution in [1.29, 1.82) is 0 Å². The maximum Gasteiger partial charge on any atom is 0.0799 e. The van der Waals surface area contributed by atoms with Crippen molar-refractivity contribution in [2.75, 3.05) is 0 Å². The average molecular weight is 383 g/mol. The predicted molar refractivity (Wildman–Crippen MR) is 127 cm³/mol. The Labute approximate surface area is 177 Å². The van der Waals surface area contributed by atoms with E-state index >= 15 is 0 Å². The number of hydrogen-bond acceptors (Lipinski definition) is 1. The number of rotatable bonds is 1. The van der Waals surface area contributed by atoms with E-state index in [1.807, 2.05) is 6.20 Å². The van der Waals surface area contributed by atoms with E-state index in [4.69, 9.17) is 4.98 Å². The third kappa shape index (κ3) is 3.23. The van der Waals surface area contributed by atoms with Crippen molar-refractivity contribution in [3.05, 3.63) is 113 Å². The standard InChI is InChI=1S/C29H21N/c1-20-11-12-21(2)25(19-20)16-15-24-14-13-22-7-3-5-9-26(22)28(24)29-27-10-6-4-8-23(27)17-18-30-29/h3-14,17-19H,1-2H3. The molecule has 1 heterocycles. The molecule has 0 bridgehead atoms. The van der Waals surface area contributed by atoms with Crippen molar-refractivity contribution in [2.45, 2.75) is 13.8 Å². The molecule has 0 N–H and O–H groups in total. The van der Waals surface area contributed by atoms with Crippen molar-refractivity contribution in [1.82, 2.24) is 4.98 Å². The molecule has 0 aliphatic carbocycles. The van der Waals surface area contributed by atoms with Crippen LogP contribution < -0.4 is 0 Å². The monoisotopic (exact) mass is 383 g/mol. The Morgan fingerprint density at radius 2 is 1.33 bits per heavy atom. The summed E-state index contributed by atoms with van der Waals surface area (Å²) < 4.78 is 0. The minimum Gasteiger partial charge on any atom is -0.256 e. The van der Waals surface area contributed by atoms with Crippen molar-refractivity contribution in [3.8, 4) is 23.1 Å². The molecule has 0 radical (unpaired) electrons. The molecule has 142 valence electrons. The summed E-state index contributed by atoms with van der Waals surface area (Å²) in [5, 5.41) is 4.70. The van der Waals surface area contributed by atoms with Gasteiger partial charge in [0, 0.05) is 28.3 Å². The van der Waals surface area contributed by atoms with Crippen molar-refractivity contribution < 1.29 is 0 Å². The van der Waals surface area contributed by atoms with Crippen molar-refractivity contribution in [2.24, 2.45) is 0 Å². The number of nitrogens with zero attached hydrogens (tertiary/aromatic N) is 1. The van der Waals surface area contributed by atoms with Crippen molar-refractivity contribution >= 4 is 21.5 Å². The zero-order chi connectivity index (χ0) is 20.5. The van der Waals surface area contributed by atoms with Crippen LogP contribution in [0.3, 0.4) is 0 Å². The van der Waals surface area contributed by atoms with Crippen LogP contribution in [0.4, 0.5) is 0 Å². The third-order valence-corrected chi connectivity index (χ3v) is 5.56. The first-order valence-corrected chi connectivity index (χ1v) is 10.2. The van der Waals surface area contributed by atoms with Crippen LogP contribution in [0.5, 0.6) is 0 Å². The normalized spacial score (nSPS) is 10.7. The molecule has 0 unspecified atom stereocenters. The zero-order valence-corrected chi connectivity index (χ0v) is 17.1. The fraction of sp³-hybridized carbons (Fsp3) is 0.0690. The molecule has 0 saturated carbocycles. The number of benzene rings is 4. The van der Waals surface area contributed by atoms with E-state index in [2.05, 4.69) is 111 Å². The summed E-state index contributed by atoms with van der Waals surface area (Å²) in [6.07, 6.45) is 1.89. The molecular weight excluding hydrogens is 362 g/mol. The van der Waals surface area contributed by atoms with Gasteiger partial charge in [0.15, 0.2) is 0 Å². The van der Waals surface area contributed by atoms with Crippen LogP contribution in [-0.2, 0) is 0 Å². The van der Waals surface area contributed by atoms with Gasteiger partial charge < -0.3 is 0 Å². The van der Waals surface area contributed by atoms with E-state index < -0.39 is 0 Å². The van der Waals surface area contributed by atoms with Gasteiger partial charge in [-0.3, -0.25) is 4.98 Å². The van der Waals surface area contributed by atoms with E-state index in [0.29, 0.717) is 0 Å². The molecule has 0 aliphatic heterocycles. The molecule has 1 nitrogen and oxygen atoms in total. The predicted octanol–water partition coefficient (Wildman–Crippen LogP) is 7.07. The van der Waals surface area contributed by atoms with E-state index in [1.54, 1.807) is 0 Å². The summed E-state index contributed by atoms with van der Waals surface area (Å²) in [5.74, 6) is 6.88. The van der Waals surface area contributed by atoms with Crippen LogP contribution in [0, 0.1) is 25.7 Å². The van der Waals surface area contributed by atoms with E-state index in [1.165, 1.54) is 27.3 Å². The Balaban J connectivity index is 1.81. The Bertz CT molecular complexity index is 1460. The van der Waals surface area contributed by atoms with Gasteiger partial charge in [-0.1, -0.05) is 78.6 Å². The second-order valence-corrected chi connectivity index (χ2v) is 7.66. The highest BCUT2D eigenvalue weighted by atomic mass is 14.7. The van der Waals surface area contributed by atoms with E-state index in [9.17, 15) is 0 Å². The van der Waals surface area contributed by atoms with Crippen molar-refractivity contribution in [3.63, 3.8) is 0 Å². The van der Waals surface area contributed by atoms with Gasteiger partial charge in [-0.15, -0.1) is 0 Å². The van der Waals surface area contributed by atoms with Gasteiger partial charge in [-0.05, 0) is 59.3 Å². The Hall–Kier alpha value is -3.89. The maximum absolute atomic E-state index is 4.81. The Morgan fingerprint density at radius 3 is 2.17 bits per heavy atom. The minimum atomic E-state index is 0.982. The van der Waals surface area contributed by atoms with E-state index in [-0.39, 0.29) is 0 Å². The molecule has 0 saturated heterocycles. The summed E-state index contributed by atoms with van der Waals surface area (Å²) in [6, 6.07) is 29.6. The number of aromatic nitrogens is 1. The van der Waals surface area contributed by atoms with Gasteiger partial charge in [-0.25, -0.2) is 0 Å². The zero-order valence-electron chi connectivity index (χ0n) is 17.1. The molecule has 0 aliphatic rings. The highest BCUT2D eigenvalue weighted by Gasteiger charge is 2.13. The molecule has 1 aromatic heterocycles. The lowest BCUT2D eigenvalue weighted by molar-refractivity contribution is 1.36. The lowest BCUT2D eigenvalue weighted by Crippen LogP contribution is -1.92. The molecule has 0 atom stereocenters. The third-order valence-electron chi connectivity index (χ3n) is 5.56. The Morgan fingerprint density at radius 1 is 0.633 bits per heavy atom. The topological polar surface area (TPSA) is 12.9 Å². The summed E-state index contributed by atoms with van der Waals surface area (Å²) >= 11 is 0. The molecule has 5 aromatic rings. The summed E-state index contributed by atoms with van der Waals surface area (Å²) in [5.41, 5.74) is 6.56. The van der Waals surface area contributed by atoms with Gasteiger partial charge in [0.2, 0.25) is 0 Å². The molecule has 0 fully saturated rings. The molecular formula is C29H21N. The second kappa shape index (κ2) is 7.50. The fourth-order valence-electron chi connectivity index (χ4n) is 3.95. The van der Waals surface area contributed by atoms with E-state index in [0.717, 1.165) is 27.8 Å². The molecule has 0 amide bonds. The fourth-order valence-corrected chi connectivity index (χ4v) is 3.95. The highest BCUT2D eigenvalue weighted by Crippen LogP contribution is 2.34. The van der Waals surface area contributed by atoms with Gasteiger partial charge in [0.05, 0.1) is 5.69 Å². The SMILES string of the molecule is Cc1ccc(C)c(C#Cc2ccc3ccccc3c2-c2nccc3ccccc23)c1. The lowest BCUT2D eigenvalue weighted by atomic mass is 9.93. The quantitative estimate of drug-likeness (QED) is 0.282. The lowest BCUT2D eigenvalue weighted by Gasteiger charge is -2.12. The maximum atomic E-state index is 4.81. The first-order valence-electron chi connectivity index (χ1n) is 10.2. The first-order chi connectivity index (χ1) is 14.7. The van der Waals surface area contributed by atoms with Gasteiger partial charge in [0.25, 0.3) is 0 Å². The minimum absolute atomic E-state index is 0.982. The highest BCUT2D eigenvalue weighted by molar-refractivity contribution is 6.05. The number of fused-ring (bicyclic) bond motifs is 2. The van der Waals surface area contributed by atoms with Crippen LogP contribution >= 0.6 is 0 Å². The van der Waals surface area contributed by atoms with Gasteiger partial charge in [-0.2, -0.15) is 0 Å². The molecule has 0 spiro atoms. The second-order valence-electron chi connectivity index (χ2n) is 7.66. The number of hydrogen-bond donors (Lipinski definition) is 0. The van der Waals surface area contributed by atoms with Gasteiger partial charge in [0.1, 0.15) is 0 Å². The van der Waals surface area contributed by atoms with Crippen LogP contribution in [0.15, 0.2) is 91.1 Å². The summed E-state index contributed by atoms with van der Waals surface area (Å²) in [4.78, 5) is 4.81. The smallest absolute Gasteiger partial charge is 0.0799 e. The van der Waals surface area contributed by atoms with Crippen LogP contribution in [0.2, 0.25) is 0 Å². The average Bonchev–Trinajstić information content (AvgIpc) is 2.79.